The van der Waals surface area contributed by atoms with E-state index in [1.54, 1.807) is 6.92 Å². The second-order valence-corrected chi connectivity index (χ2v) is 5.75. The number of hydrogen-bond acceptors (Lipinski definition) is 4. The van der Waals surface area contributed by atoms with Gasteiger partial charge in [-0.25, -0.2) is 13.6 Å². The lowest BCUT2D eigenvalue weighted by Crippen LogP contribution is -2.52. The van der Waals surface area contributed by atoms with Crippen molar-refractivity contribution in [3.8, 4) is 0 Å². The number of nitrogens with two attached hydrogens (primary N) is 1. The van der Waals surface area contributed by atoms with Gasteiger partial charge in [-0.15, -0.1) is 0 Å². The molecule has 0 aromatic carbocycles. The molecular formula is C8H16N2O4S. The SMILES string of the molecule is CC(C(=O)O)C1CN(CCS(N)(=O)=O)C1. The number of carboxylic acids is 1. The zero-order valence-electron chi connectivity index (χ0n) is 8.59. The van der Waals surface area contributed by atoms with Gasteiger partial charge in [0.05, 0.1) is 11.7 Å². The Morgan fingerprint density at radius 1 is 1.60 bits per heavy atom. The van der Waals surface area contributed by atoms with E-state index < -0.39 is 16.0 Å². The summed E-state index contributed by atoms with van der Waals surface area (Å²) < 4.78 is 21.3. The first kappa shape index (κ1) is 12.4. The number of hydrogen-bond donors (Lipinski definition) is 2. The molecule has 0 aliphatic carbocycles. The van der Waals surface area contributed by atoms with Crippen molar-refractivity contribution in [2.45, 2.75) is 6.92 Å². The first-order chi connectivity index (χ1) is 6.79. The molecule has 1 atom stereocenters. The lowest BCUT2D eigenvalue weighted by Gasteiger charge is -2.41. The van der Waals surface area contributed by atoms with Crippen molar-refractivity contribution in [1.29, 1.82) is 0 Å². The molecule has 0 bridgehead atoms. The monoisotopic (exact) mass is 236 g/mol. The maximum atomic E-state index is 10.7. The van der Waals surface area contributed by atoms with Crippen LogP contribution in [0.5, 0.6) is 0 Å². The number of sulfonamides is 1. The largest absolute Gasteiger partial charge is 0.481 e. The molecule has 1 aliphatic rings. The van der Waals surface area contributed by atoms with E-state index >= 15 is 0 Å². The van der Waals surface area contributed by atoms with E-state index in [0.29, 0.717) is 19.6 Å². The van der Waals surface area contributed by atoms with Crippen molar-refractivity contribution in [1.82, 2.24) is 4.90 Å². The molecule has 6 nitrogen and oxygen atoms in total. The number of primary sulfonamides is 1. The van der Waals surface area contributed by atoms with E-state index in [4.69, 9.17) is 10.2 Å². The predicted molar refractivity (Wildman–Crippen MR) is 54.7 cm³/mol. The summed E-state index contributed by atoms with van der Waals surface area (Å²) in [4.78, 5) is 12.5. The Morgan fingerprint density at radius 2 is 2.13 bits per heavy atom. The molecule has 0 amide bonds. The third-order valence-corrected chi connectivity index (χ3v) is 3.53. The Kier molecular flexibility index (Phi) is 3.69. The van der Waals surface area contributed by atoms with Crippen molar-refractivity contribution in [3.05, 3.63) is 0 Å². The lowest BCUT2D eigenvalue weighted by molar-refractivity contribution is -0.145. The summed E-state index contributed by atoms with van der Waals surface area (Å²) >= 11 is 0. The van der Waals surface area contributed by atoms with Gasteiger partial charge in [-0.2, -0.15) is 0 Å². The summed E-state index contributed by atoms with van der Waals surface area (Å²) in [7, 11) is -3.41. The Hall–Kier alpha value is -0.660. The third kappa shape index (κ3) is 3.77. The van der Waals surface area contributed by atoms with E-state index in [1.807, 2.05) is 4.90 Å². The minimum atomic E-state index is -3.41. The molecule has 88 valence electrons. The van der Waals surface area contributed by atoms with Gasteiger partial charge in [0.25, 0.3) is 0 Å². The standard InChI is InChI=1S/C8H16N2O4S/c1-6(8(11)12)7-4-10(5-7)2-3-15(9,13)14/h6-7H,2-5H2,1H3,(H,11,12)(H2,9,13,14). The number of nitrogens with zero attached hydrogens (tertiary/aromatic N) is 1. The van der Waals surface area contributed by atoms with E-state index in [1.165, 1.54) is 0 Å². The van der Waals surface area contributed by atoms with Crippen LogP contribution in [-0.2, 0) is 14.8 Å². The van der Waals surface area contributed by atoms with Crippen LogP contribution in [0.2, 0.25) is 0 Å². The van der Waals surface area contributed by atoms with Crippen molar-refractivity contribution >= 4 is 16.0 Å². The topological polar surface area (TPSA) is 101 Å². The average Bonchev–Trinajstić information content (AvgIpc) is 1.98. The summed E-state index contributed by atoms with van der Waals surface area (Å²) in [5.74, 6) is -1.11. The summed E-state index contributed by atoms with van der Waals surface area (Å²) in [6, 6.07) is 0. The van der Waals surface area contributed by atoms with Crippen LogP contribution in [0.15, 0.2) is 0 Å². The zero-order chi connectivity index (χ0) is 11.6. The van der Waals surface area contributed by atoms with Gasteiger partial charge >= 0.3 is 5.97 Å². The van der Waals surface area contributed by atoms with Gasteiger partial charge in [-0.1, -0.05) is 6.92 Å². The number of aliphatic carboxylic acids is 1. The van der Waals surface area contributed by atoms with E-state index in [0.717, 1.165) is 0 Å². The average molecular weight is 236 g/mol. The molecule has 1 unspecified atom stereocenters. The van der Waals surface area contributed by atoms with E-state index in [9.17, 15) is 13.2 Å². The van der Waals surface area contributed by atoms with Gasteiger partial charge in [0.15, 0.2) is 0 Å². The van der Waals surface area contributed by atoms with Gasteiger partial charge in [0, 0.05) is 19.6 Å². The summed E-state index contributed by atoms with van der Waals surface area (Å²) in [5, 5.41) is 13.6. The van der Waals surface area contributed by atoms with Crippen molar-refractivity contribution in [2.24, 2.45) is 17.0 Å². The second kappa shape index (κ2) is 4.46. The molecular weight excluding hydrogens is 220 g/mol. The van der Waals surface area contributed by atoms with Crippen LogP contribution in [0, 0.1) is 11.8 Å². The third-order valence-electron chi connectivity index (χ3n) is 2.77. The van der Waals surface area contributed by atoms with Gasteiger partial charge in [-0.05, 0) is 5.92 Å². The van der Waals surface area contributed by atoms with Crippen LogP contribution < -0.4 is 5.14 Å². The van der Waals surface area contributed by atoms with Gasteiger partial charge in [0.2, 0.25) is 10.0 Å². The molecule has 7 heteroatoms. The molecule has 0 radical (unpaired) electrons. The second-order valence-electron chi connectivity index (χ2n) is 4.01. The van der Waals surface area contributed by atoms with Crippen LogP contribution in [0.4, 0.5) is 0 Å². The number of carbonyl (C=O) groups is 1. The number of carboxylic acid groups (broad SMARTS) is 1. The molecule has 0 spiro atoms. The maximum Gasteiger partial charge on any atom is 0.306 e. The molecule has 1 heterocycles. The quantitative estimate of drug-likeness (QED) is 0.633. The maximum absolute atomic E-state index is 10.7. The summed E-state index contributed by atoms with van der Waals surface area (Å²) in [5.41, 5.74) is 0. The summed E-state index contributed by atoms with van der Waals surface area (Å²) in [6.45, 7) is 3.34. The van der Waals surface area contributed by atoms with Gasteiger partial charge in [0.1, 0.15) is 0 Å². The number of likely N-dealkylation sites (tertiary alicyclic amines) is 1. The van der Waals surface area contributed by atoms with Crippen LogP contribution in [0.1, 0.15) is 6.92 Å². The minimum Gasteiger partial charge on any atom is -0.481 e. The highest BCUT2D eigenvalue weighted by atomic mass is 32.2. The van der Waals surface area contributed by atoms with Crippen LogP contribution in [-0.4, -0.2) is 49.8 Å². The van der Waals surface area contributed by atoms with Crippen molar-refractivity contribution < 1.29 is 18.3 Å². The van der Waals surface area contributed by atoms with E-state index in [2.05, 4.69) is 0 Å². The fourth-order valence-electron chi connectivity index (χ4n) is 1.57. The molecule has 0 saturated carbocycles. The molecule has 0 aromatic rings. The predicted octanol–water partition coefficient (Wildman–Crippen LogP) is -1.07. The van der Waals surface area contributed by atoms with Gasteiger partial charge < -0.3 is 10.0 Å². The Morgan fingerprint density at radius 3 is 2.53 bits per heavy atom. The highest BCUT2D eigenvalue weighted by Crippen LogP contribution is 2.23. The normalized spacial score (nSPS) is 20.9. The first-order valence-electron chi connectivity index (χ1n) is 4.75. The van der Waals surface area contributed by atoms with Crippen molar-refractivity contribution in [2.75, 3.05) is 25.4 Å². The molecule has 0 aromatic heterocycles. The molecule has 1 aliphatic heterocycles. The minimum absolute atomic E-state index is 0.0683. The first-order valence-corrected chi connectivity index (χ1v) is 6.47. The Balaban J connectivity index is 2.24. The Bertz CT molecular complexity index is 335. The molecule has 1 saturated heterocycles. The molecule has 3 N–H and O–H groups in total. The van der Waals surface area contributed by atoms with Gasteiger partial charge in [-0.3, -0.25) is 4.79 Å². The lowest BCUT2D eigenvalue weighted by atomic mass is 9.87. The fourth-order valence-corrected chi connectivity index (χ4v) is 2.08. The Labute approximate surface area is 89.1 Å². The molecule has 1 rings (SSSR count). The fraction of sp³-hybridized carbons (Fsp3) is 0.875. The van der Waals surface area contributed by atoms with Crippen LogP contribution >= 0.6 is 0 Å². The number of rotatable bonds is 5. The van der Waals surface area contributed by atoms with Crippen LogP contribution in [0.3, 0.4) is 0 Å². The molecule has 15 heavy (non-hydrogen) atoms. The molecule has 1 fully saturated rings. The zero-order valence-corrected chi connectivity index (χ0v) is 9.40. The highest BCUT2D eigenvalue weighted by Gasteiger charge is 2.34. The van der Waals surface area contributed by atoms with Crippen LogP contribution in [0.25, 0.3) is 0 Å². The van der Waals surface area contributed by atoms with Crippen molar-refractivity contribution in [3.63, 3.8) is 0 Å². The van der Waals surface area contributed by atoms with E-state index in [-0.39, 0.29) is 17.6 Å². The highest BCUT2D eigenvalue weighted by molar-refractivity contribution is 7.89. The smallest absolute Gasteiger partial charge is 0.306 e. The summed E-state index contributed by atoms with van der Waals surface area (Å²) in [6.07, 6.45) is 0.